The van der Waals surface area contributed by atoms with Gasteiger partial charge >= 0.3 is 0 Å². The van der Waals surface area contributed by atoms with Gasteiger partial charge in [0.1, 0.15) is 5.82 Å². The highest BCUT2D eigenvalue weighted by atomic mass is 19.2. The highest BCUT2D eigenvalue weighted by molar-refractivity contribution is 5.71. The monoisotopic (exact) mass is 596 g/mol. The Morgan fingerprint density at radius 1 is 0.651 bits per heavy atom. The maximum Gasteiger partial charge on any atom is 0.201 e. The summed E-state index contributed by atoms with van der Waals surface area (Å²) in [4.78, 5) is 0. The van der Waals surface area contributed by atoms with E-state index in [9.17, 15) is 8.78 Å². The fourth-order valence-electron chi connectivity index (χ4n) is 5.61. The Morgan fingerprint density at radius 2 is 1.23 bits per heavy atom. The molecule has 1 saturated heterocycles. The molecule has 1 fully saturated rings. The summed E-state index contributed by atoms with van der Waals surface area (Å²) in [7, 11) is 0. The Morgan fingerprint density at radius 3 is 1.88 bits per heavy atom. The predicted molar refractivity (Wildman–Crippen MR) is 168 cm³/mol. The summed E-state index contributed by atoms with van der Waals surface area (Å²) >= 11 is 0. The number of hydrogen-bond donors (Lipinski definition) is 0. The van der Waals surface area contributed by atoms with E-state index in [0.29, 0.717) is 48.0 Å². The maximum absolute atomic E-state index is 15.2. The smallest absolute Gasteiger partial charge is 0.201 e. The van der Waals surface area contributed by atoms with Crippen LogP contribution in [0.15, 0.2) is 54.6 Å². The fraction of sp³-hybridized carbons (Fsp3) is 0.514. The van der Waals surface area contributed by atoms with E-state index in [0.717, 1.165) is 25.7 Å². The normalized spacial score (nSPS) is 16.9. The third kappa shape index (κ3) is 9.58. The predicted octanol–water partition coefficient (Wildman–Crippen LogP) is 11.2. The molecule has 234 valence electrons. The van der Waals surface area contributed by atoms with E-state index in [2.05, 4.69) is 13.8 Å². The van der Waals surface area contributed by atoms with Crippen LogP contribution in [0.25, 0.3) is 22.3 Å². The van der Waals surface area contributed by atoms with E-state index < -0.39 is 17.9 Å². The van der Waals surface area contributed by atoms with Crippen LogP contribution in [0.5, 0.6) is 5.75 Å². The van der Waals surface area contributed by atoms with Crippen LogP contribution in [0.2, 0.25) is 0 Å². The zero-order valence-electron chi connectivity index (χ0n) is 25.8. The van der Waals surface area contributed by atoms with Crippen molar-refractivity contribution in [1.29, 1.82) is 0 Å². The van der Waals surface area contributed by atoms with Crippen LogP contribution in [-0.2, 0) is 9.47 Å². The van der Waals surface area contributed by atoms with Gasteiger partial charge in [-0.25, -0.2) is 8.78 Å². The van der Waals surface area contributed by atoms with E-state index in [4.69, 9.17) is 14.2 Å². The lowest BCUT2D eigenvalue weighted by Gasteiger charge is -2.29. The van der Waals surface area contributed by atoms with Crippen molar-refractivity contribution in [3.63, 3.8) is 0 Å². The van der Waals surface area contributed by atoms with E-state index >= 15 is 4.39 Å². The topological polar surface area (TPSA) is 27.7 Å². The van der Waals surface area contributed by atoms with Crippen LogP contribution in [-0.4, -0.2) is 19.8 Å². The number of rotatable bonds is 17. The molecule has 0 amide bonds. The average molecular weight is 597 g/mol. The summed E-state index contributed by atoms with van der Waals surface area (Å²) in [5, 5.41) is 0. The van der Waals surface area contributed by atoms with Crippen LogP contribution in [0.3, 0.4) is 0 Å². The molecular weight excluding hydrogens is 549 g/mol. The van der Waals surface area contributed by atoms with Gasteiger partial charge in [0.15, 0.2) is 17.9 Å². The second-order valence-corrected chi connectivity index (χ2v) is 11.7. The highest BCUT2D eigenvalue weighted by Gasteiger charge is 2.24. The third-order valence-corrected chi connectivity index (χ3v) is 8.26. The molecule has 0 aliphatic carbocycles. The molecule has 0 unspecified atom stereocenters. The van der Waals surface area contributed by atoms with Crippen molar-refractivity contribution in [1.82, 2.24) is 0 Å². The molecular formula is C37H47F3O3. The minimum absolute atomic E-state index is 0.0718. The fourth-order valence-corrected chi connectivity index (χ4v) is 5.61. The van der Waals surface area contributed by atoms with Crippen LogP contribution < -0.4 is 4.74 Å². The molecule has 1 heterocycles. The zero-order chi connectivity index (χ0) is 30.4. The van der Waals surface area contributed by atoms with E-state index in [1.165, 1.54) is 69.6 Å². The lowest BCUT2D eigenvalue weighted by Crippen LogP contribution is -2.27. The SMILES string of the molecule is CCCCCCCCOc1ccc(-c2ccc(-c3ccc(C4OCC(CCCCCCC)CO4)cc3F)cc2)c(F)c1F. The van der Waals surface area contributed by atoms with Crippen molar-refractivity contribution < 1.29 is 27.4 Å². The number of halogens is 3. The molecule has 0 bridgehead atoms. The molecule has 3 aromatic rings. The van der Waals surface area contributed by atoms with Gasteiger partial charge in [-0.1, -0.05) is 114 Å². The minimum atomic E-state index is -0.986. The zero-order valence-corrected chi connectivity index (χ0v) is 25.8. The van der Waals surface area contributed by atoms with Gasteiger partial charge in [-0.2, -0.15) is 4.39 Å². The van der Waals surface area contributed by atoms with Crippen LogP contribution >= 0.6 is 0 Å². The molecule has 0 N–H and O–H groups in total. The second-order valence-electron chi connectivity index (χ2n) is 11.7. The standard InChI is InChI=1S/C37H47F3O3/c1-3-5-7-9-11-13-23-41-34-22-21-32(35(39)36(34)40)29-17-15-28(16-18-29)31-20-19-30(24-33(31)38)37-42-25-27(26-43-37)14-12-10-8-6-4-2/h15-22,24,27,37H,3-14,23,25-26H2,1-2H3. The molecule has 43 heavy (non-hydrogen) atoms. The van der Waals surface area contributed by atoms with Gasteiger partial charge in [0.05, 0.1) is 19.8 Å². The average Bonchev–Trinajstić information content (AvgIpc) is 3.03. The second kappa shape index (κ2) is 17.5. The lowest BCUT2D eigenvalue weighted by atomic mass is 9.98. The van der Waals surface area contributed by atoms with Crippen molar-refractivity contribution >= 4 is 0 Å². The van der Waals surface area contributed by atoms with Crippen molar-refractivity contribution in [2.45, 2.75) is 97.2 Å². The quantitative estimate of drug-likeness (QED) is 0.145. The van der Waals surface area contributed by atoms with Gasteiger partial charge in [-0.15, -0.1) is 0 Å². The molecule has 6 heteroatoms. The van der Waals surface area contributed by atoms with Crippen molar-refractivity contribution in [2.75, 3.05) is 19.8 Å². The molecule has 0 spiro atoms. The van der Waals surface area contributed by atoms with E-state index in [1.54, 1.807) is 30.3 Å². The number of hydrogen-bond acceptors (Lipinski definition) is 3. The van der Waals surface area contributed by atoms with Crippen molar-refractivity contribution in [3.05, 3.63) is 77.6 Å². The molecule has 1 aliphatic rings. The Balaban J connectivity index is 1.31. The van der Waals surface area contributed by atoms with Gasteiger partial charge in [0.2, 0.25) is 5.82 Å². The summed E-state index contributed by atoms with van der Waals surface area (Å²) in [5.74, 6) is -2.01. The maximum atomic E-state index is 15.2. The summed E-state index contributed by atoms with van der Waals surface area (Å²) in [6, 6.07) is 14.8. The summed E-state index contributed by atoms with van der Waals surface area (Å²) in [6.45, 7) is 5.98. The number of benzene rings is 3. The van der Waals surface area contributed by atoms with E-state index in [-0.39, 0.29) is 17.1 Å². The molecule has 0 atom stereocenters. The van der Waals surface area contributed by atoms with Crippen molar-refractivity contribution in [2.24, 2.45) is 5.92 Å². The molecule has 0 aromatic heterocycles. The Bertz CT molecular complexity index is 1250. The van der Waals surface area contributed by atoms with E-state index in [1.807, 2.05) is 6.07 Å². The third-order valence-electron chi connectivity index (χ3n) is 8.26. The summed E-state index contributed by atoms with van der Waals surface area (Å²) in [6.07, 6.45) is 13.3. The summed E-state index contributed by atoms with van der Waals surface area (Å²) < 4.78 is 62.3. The number of ether oxygens (including phenoxy) is 3. The largest absolute Gasteiger partial charge is 0.490 e. The molecule has 4 rings (SSSR count). The first-order valence-electron chi connectivity index (χ1n) is 16.3. The van der Waals surface area contributed by atoms with Crippen LogP contribution in [0, 0.1) is 23.4 Å². The Labute approximate surface area is 255 Å². The first-order valence-corrected chi connectivity index (χ1v) is 16.3. The molecule has 0 saturated carbocycles. The summed E-state index contributed by atoms with van der Waals surface area (Å²) in [5.41, 5.74) is 2.35. The van der Waals surface area contributed by atoms with Crippen LogP contribution in [0.4, 0.5) is 13.2 Å². The van der Waals surface area contributed by atoms with Crippen LogP contribution in [0.1, 0.15) is 103 Å². The minimum Gasteiger partial charge on any atom is -0.490 e. The molecule has 0 radical (unpaired) electrons. The van der Waals surface area contributed by atoms with Gasteiger partial charge in [-0.3, -0.25) is 0 Å². The lowest BCUT2D eigenvalue weighted by molar-refractivity contribution is -0.206. The van der Waals surface area contributed by atoms with Crippen molar-refractivity contribution in [3.8, 4) is 28.0 Å². The first kappa shape index (κ1) is 33.1. The van der Waals surface area contributed by atoms with Gasteiger partial charge in [0.25, 0.3) is 0 Å². The molecule has 3 nitrogen and oxygen atoms in total. The van der Waals surface area contributed by atoms with Gasteiger partial charge < -0.3 is 14.2 Å². The first-order chi connectivity index (χ1) is 21.0. The van der Waals surface area contributed by atoms with Gasteiger partial charge in [0, 0.05) is 22.6 Å². The Kier molecular flexibility index (Phi) is 13.4. The molecule has 3 aromatic carbocycles. The van der Waals surface area contributed by atoms with Gasteiger partial charge in [-0.05, 0) is 42.2 Å². The number of unbranched alkanes of at least 4 members (excludes halogenated alkanes) is 9. The Hall–Kier alpha value is -2.83. The molecule has 1 aliphatic heterocycles. The highest BCUT2D eigenvalue weighted by Crippen LogP contribution is 2.34.